The lowest BCUT2D eigenvalue weighted by Crippen LogP contribution is -2.25. The van der Waals surface area contributed by atoms with Crippen molar-refractivity contribution in [1.82, 2.24) is 4.42 Å². The maximum absolute atomic E-state index is 9.17. The quantitative estimate of drug-likeness (QED) is 0.723. The molecule has 0 radical (unpaired) electrons. The zero-order valence-electron chi connectivity index (χ0n) is 7.99. The number of aromatic hydroxyl groups is 1. The molecule has 14 heavy (non-hydrogen) atoms. The monoisotopic (exact) mass is 211 g/mol. The van der Waals surface area contributed by atoms with Crippen LogP contribution < -0.4 is 0 Å². The van der Waals surface area contributed by atoms with Gasteiger partial charge in [0.15, 0.2) is 0 Å². The predicted molar refractivity (Wildman–Crippen MR) is 57.5 cm³/mol. The van der Waals surface area contributed by atoms with E-state index in [2.05, 4.69) is 0 Å². The van der Waals surface area contributed by atoms with E-state index in [1.165, 1.54) is 5.56 Å². The van der Waals surface area contributed by atoms with E-state index in [4.69, 9.17) is 16.9 Å². The first kappa shape index (κ1) is 9.81. The smallest absolute Gasteiger partial charge is 0.115 e. The fourth-order valence-electron chi connectivity index (χ4n) is 1.93. The van der Waals surface area contributed by atoms with Gasteiger partial charge in [0.2, 0.25) is 0 Å². The Balaban J connectivity index is 2.05. The van der Waals surface area contributed by atoms with Crippen LogP contribution in [0.15, 0.2) is 24.3 Å². The lowest BCUT2D eigenvalue weighted by atomic mass is 9.90. The topological polar surface area (TPSA) is 23.5 Å². The van der Waals surface area contributed by atoms with Gasteiger partial charge in [0.25, 0.3) is 0 Å². The summed E-state index contributed by atoms with van der Waals surface area (Å²) in [4.78, 5) is 0. The van der Waals surface area contributed by atoms with Gasteiger partial charge in [-0.25, -0.2) is 4.42 Å². The molecule has 76 valence electrons. The normalized spacial score (nSPS) is 19.8. The minimum absolute atomic E-state index is 0.337. The molecular weight excluding hydrogens is 198 g/mol. The second-order valence-corrected chi connectivity index (χ2v) is 4.25. The fraction of sp³-hybridized carbons (Fsp3) is 0.455. The number of benzene rings is 1. The van der Waals surface area contributed by atoms with Crippen LogP contribution in [0.4, 0.5) is 0 Å². The second-order valence-electron chi connectivity index (χ2n) is 3.78. The van der Waals surface area contributed by atoms with Crippen molar-refractivity contribution >= 4 is 11.8 Å². The second kappa shape index (κ2) is 4.20. The number of hydrogen-bond acceptors (Lipinski definition) is 2. The molecule has 1 saturated heterocycles. The highest BCUT2D eigenvalue weighted by molar-refractivity contribution is 6.13. The molecule has 1 N–H and O–H groups in total. The Bertz CT molecular complexity index is 291. The largest absolute Gasteiger partial charge is 0.508 e. The van der Waals surface area contributed by atoms with Gasteiger partial charge in [-0.2, -0.15) is 0 Å². The van der Waals surface area contributed by atoms with Crippen molar-refractivity contribution in [3.05, 3.63) is 29.8 Å². The minimum Gasteiger partial charge on any atom is -0.508 e. The third kappa shape index (κ3) is 2.20. The molecule has 0 spiro atoms. The van der Waals surface area contributed by atoms with Crippen molar-refractivity contribution in [2.75, 3.05) is 13.1 Å². The Morgan fingerprint density at radius 1 is 1.14 bits per heavy atom. The van der Waals surface area contributed by atoms with Crippen molar-refractivity contribution in [1.29, 1.82) is 0 Å². The Labute approximate surface area is 89.2 Å². The van der Waals surface area contributed by atoms with Gasteiger partial charge in [-0.05, 0) is 48.2 Å². The molecule has 0 saturated carbocycles. The predicted octanol–water partition coefficient (Wildman–Crippen LogP) is 2.73. The average Bonchev–Trinajstić information content (AvgIpc) is 2.21. The number of halogens is 1. The standard InChI is InChI=1S/C11H14ClNO/c12-13-7-5-10(6-8-13)9-1-3-11(14)4-2-9/h1-4,10,14H,5-8H2. The number of piperidine rings is 1. The van der Waals surface area contributed by atoms with Crippen LogP contribution in [-0.4, -0.2) is 22.6 Å². The highest BCUT2D eigenvalue weighted by Crippen LogP contribution is 2.29. The lowest BCUT2D eigenvalue weighted by Gasteiger charge is -2.27. The summed E-state index contributed by atoms with van der Waals surface area (Å²) >= 11 is 5.89. The van der Waals surface area contributed by atoms with Crippen LogP contribution in [0.1, 0.15) is 24.3 Å². The molecule has 0 aliphatic carbocycles. The van der Waals surface area contributed by atoms with E-state index in [1.54, 1.807) is 12.1 Å². The summed E-state index contributed by atoms with van der Waals surface area (Å²) < 4.78 is 1.84. The average molecular weight is 212 g/mol. The maximum atomic E-state index is 9.17. The summed E-state index contributed by atoms with van der Waals surface area (Å²) in [6, 6.07) is 7.51. The number of phenols is 1. The molecule has 1 fully saturated rings. The van der Waals surface area contributed by atoms with Crippen molar-refractivity contribution in [2.45, 2.75) is 18.8 Å². The Morgan fingerprint density at radius 2 is 1.71 bits per heavy atom. The molecule has 3 heteroatoms. The molecule has 0 unspecified atom stereocenters. The maximum Gasteiger partial charge on any atom is 0.115 e. The third-order valence-electron chi connectivity index (χ3n) is 2.80. The van der Waals surface area contributed by atoms with E-state index in [0.717, 1.165) is 25.9 Å². The van der Waals surface area contributed by atoms with Crippen LogP contribution in [0.3, 0.4) is 0 Å². The summed E-state index contributed by atoms with van der Waals surface area (Å²) in [5.41, 5.74) is 1.31. The minimum atomic E-state index is 0.337. The first-order valence-corrected chi connectivity index (χ1v) is 5.29. The fourth-order valence-corrected chi connectivity index (χ4v) is 2.12. The first-order valence-electron chi connectivity index (χ1n) is 4.95. The molecule has 0 aromatic heterocycles. The van der Waals surface area contributed by atoms with Gasteiger partial charge in [0, 0.05) is 13.1 Å². The molecule has 2 nitrogen and oxygen atoms in total. The number of hydrogen-bond donors (Lipinski definition) is 1. The van der Waals surface area contributed by atoms with E-state index >= 15 is 0 Å². The molecular formula is C11H14ClNO. The zero-order chi connectivity index (χ0) is 9.97. The molecule has 1 aliphatic heterocycles. The van der Waals surface area contributed by atoms with Gasteiger partial charge in [-0.3, -0.25) is 0 Å². The third-order valence-corrected chi connectivity index (χ3v) is 3.14. The molecule has 1 heterocycles. The Morgan fingerprint density at radius 3 is 2.29 bits per heavy atom. The highest BCUT2D eigenvalue weighted by Gasteiger charge is 2.18. The molecule has 2 rings (SSSR count). The number of phenolic OH excluding ortho intramolecular Hbond substituents is 1. The van der Waals surface area contributed by atoms with Gasteiger partial charge in [-0.15, -0.1) is 0 Å². The first-order chi connectivity index (χ1) is 6.75. The van der Waals surface area contributed by atoms with Crippen LogP contribution in [0.25, 0.3) is 0 Å². The van der Waals surface area contributed by atoms with Gasteiger partial charge in [0.05, 0.1) is 0 Å². The molecule has 1 aromatic carbocycles. The van der Waals surface area contributed by atoms with E-state index < -0.39 is 0 Å². The van der Waals surface area contributed by atoms with E-state index in [-0.39, 0.29) is 0 Å². The van der Waals surface area contributed by atoms with Crippen LogP contribution in [0.5, 0.6) is 5.75 Å². The number of rotatable bonds is 1. The van der Waals surface area contributed by atoms with Crippen LogP contribution in [-0.2, 0) is 0 Å². The molecule has 1 aliphatic rings. The van der Waals surface area contributed by atoms with Crippen LogP contribution >= 0.6 is 11.8 Å². The van der Waals surface area contributed by atoms with Gasteiger partial charge in [0.1, 0.15) is 5.75 Å². The van der Waals surface area contributed by atoms with Crippen molar-refractivity contribution in [3.8, 4) is 5.75 Å². The van der Waals surface area contributed by atoms with Gasteiger partial charge >= 0.3 is 0 Å². The van der Waals surface area contributed by atoms with Crippen molar-refractivity contribution in [2.24, 2.45) is 0 Å². The summed E-state index contributed by atoms with van der Waals surface area (Å²) in [6.45, 7) is 1.90. The molecule has 0 amide bonds. The van der Waals surface area contributed by atoms with E-state index in [9.17, 15) is 0 Å². The lowest BCUT2D eigenvalue weighted by molar-refractivity contribution is 0.335. The van der Waals surface area contributed by atoms with Crippen molar-refractivity contribution in [3.63, 3.8) is 0 Å². The van der Waals surface area contributed by atoms with Gasteiger partial charge < -0.3 is 5.11 Å². The number of nitrogens with zero attached hydrogens (tertiary/aromatic N) is 1. The van der Waals surface area contributed by atoms with E-state index in [0.29, 0.717) is 11.7 Å². The van der Waals surface area contributed by atoms with Crippen molar-refractivity contribution < 1.29 is 5.11 Å². The van der Waals surface area contributed by atoms with Gasteiger partial charge in [-0.1, -0.05) is 12.1 Å². The SMILES string of the molecule is Oc1ccc(C2CCN(Cl)CC2)cc1. The highest BCUT2D eigenvalue weighted by atomic mass is 35.5. The molecule has 0 bridgehead atoms. The zero-order valence-corrected chi connectivity index (χ0v) is 8.74. The van der Waals surface area contributed by atoms with Crippen LogP contribution in [0, 0.1) is 0 Å². The molecule has 1 aromatic rings. The summed E-state index contributed by atoms with van der Waals surface area (Å²) in [5, 5.41) is 9.17. The summed E-state index contributed by atoms with van der Waals surface area (Å²) in [7, 11) is 0. The molecule has 0 atom stereocenters. The van der Waals surface area contributed by atoms with E-state index in [1.807, 2.05) is 16.6 Å². The Hall–Kier alpha value is -0.730. The summed E-state index contributed by atoms with van der Waals surface area (Å²) in [5.74, 6) is 0.939. The van der Waals surface area contributed by atoms with Crippen LogP contribution in [0.2, 0.25) is 0 Å². The summed E-state index contributed by atoms with van der Waals surface area (Å²) in [6.07, 6.45) is 2.21. The Kier molecular flexibility index (Phi) is 2.94.